The highest BCUT2D eigenvalue weighted by Gasteiger charge is 2.18. The van der Waals surface area contributed by atoms with Crippen LogP contribution in [-0.2, 0) is 0 Å². The molecule has 3 aromatic rings. The molecule has 0 bridgehead atoms. The van der Waals surface area contributed by atoms with E-state index in [9.17, 15) is 10.1 Å². The fourth-order valence-electron chi connectivity index (χ4n) is 2.54. The Kier molecular flexibility index (Phi) is 2.96. The first-order chi connectivity index (χ1) is 10.1. The third kappa shape index (κ3) is 2.05. The molecule has 0 aliphatic heterocycles. The van der Waals surface area contributed by atoms with E-state index in [1.807, 2.05) is 13.0 Å². The number of nitriles is 1. The number of aromatic nitrogens is 1. The minimum atomic E-state index is -0.110. The fourth-order valence-corrected chi connectivity index (χ4v) is 2.54. The highest BCUT2D eigenvalue weighted by Crippen LogP contribution is 2.26. The maximum Gasteiger partial charge on any atom is 0.195 e. The zero-order chi connectivity index (χ0) is 15.0. The van der Waals surface area contributed by atoms with Gasteiger partial charge >= 0.3 is 0 Å². The number of fused-ring (bicyclic) bond motifs is 1. The molecule has 1 heterocycles. The maximum atomic E-state index is 12.8. The van der Waals surface area contributed by atoms with E-state index >= 15 is 0 Å². The molecule has 1 aromatic heterocycles. The normalized spacial score (nSPS) is 10.5. The SMILES string of the molecule is Cc1cc(N)ccc1C(=O)c1c[nH]c2cccc(C#N)c12. The van der Waals surface area contributed by atoms with Crippen LogP contribution in [0.3, 0.4) is 0 Å². The van der Waals surface area contributed by atoms with Crippen molar-refractivity contribution in [2.75, 3.05) is 5.73 Å². The number of rotatable bonds is 2. The zero-order valence-corrected chi connectivity index (χ0v) is 11.5. The van der Waals surface area contributed by atoms with Gasteiger partial charge in [-0.2, -0.15) is 5.26 Å². The molecule has 102 valence electrons. The van der Waals surface area contributed by atoms with E-state index in [0.717, 1.165) is 11.1 Å². The Morgan fingerprint density at radius 3 is 2.76 bits per heavy atom. The molecule has 3 N–H and O–H groups in total. The van der Waals surface area contributed by atoms with Crippen LogP contribution >= 0.6 is 0 Å². The molecule has 0 aliphatic carbocycles. The summed E-state index contributed by atoms with van der Waals surface area (Å²) in [6, 6.07) is 12.7. The lowest BCUT2D eigenvalue weighted by molar-refractivity contribution is 0.104. The van der Waals surface area contributed by atoms with Crippen molar-refractivity contribution in [3.8, 4) is 6.07 Å². The molecular weight excluding hydrogens is 262 g/mol. The minimum Gasteiger partial charge on any atom is -0.399 e. The summed E-state index contributed by atoms with van der Waals surface area (Å²) < 4.78 is 0. The number of nitrogens with one attached hydrogen (secondary N) is 1. The third-order valence-corrected chi connectivity index (χ3v) is 3.57. The molecule has 0 fully saturated rings. The Balaban J connectivity index is 2.21. The lowest BCUT2D eigenvalue weighted by atomic mass is 9.96. The van der Waals surface area contributed by atoms with Crippen molar-refractivity contribution in [2.24, 2.45) is 0 Å². The standard InChI is InChI=1S/C17H13N3O/c1-10-7-12(19)5-6-13(10)17(21)14-9-20-15-4-2-3-11(8-18)16(14)15/h2-7,9,20H,19H2,1H3. The van der Waals surface area contributed by atoms with E-state index in [4.69, 9.17) is 5.73 Å². The van der Waals surface area contributed by atoms with Gasteiger partial charge in [0.2, 0.25) is 0 Å². The van der Waals surface area contributed by atoms with Crippen LogP contribution in [0, 0.1) is 18.3 Å². The number of ketones is 1. The van der Waals surface area contributed by atoms with Crippen LogP contribution in [0.5, 0.6) is 0 Å². The van der Waals surface area contributed by atoms with Crippen molar-refractivity contribution in [3.05, 3.63) is 64.8 Å². The molecule has 4 nitrogen and oxygen atoms in total. The first-order valence-corrected chi connectivity index (χ1v) is 6.53. The molecule has 0 saturated carbocycles. The van der Waals surface area contributed by atoms with Crippen LogP contribution in [0.4, 0.5) is 5.69 Å². The lowest BCUT2D eigenvalue weighted by Gasteiger charge is -2.05. The van der Waals surface area contributed by atoms with E-state index in [1.54, 1.807) is 36.5 Å². The highest BCUT2D eigenvalue weighted by molar-refractivity contribution is 6.18. The first kappa shape index (κ1) is 12.9. The van der Waals surface area contributed by atoms with Crippen LogP contribution in [0.15, 0.2) is 42.6 Å². The van der Waals surface area contributed by atoms with E-state index in [2.05, 4.69) is 11.1 Å². The van der Waals surface area contributed by atoms with E-state index in [0.29, 0.717) is 27.8 Å². The van der Waals surface area contributed by atoms with Crippen LogP contribution in [0.1, 0.15) is 27.0 Å². The Morgan fingerprint density at radius 1 is 1.24 bits per heavy atom. The quantitative estimate of drug-likeness (QED) is 0.556. The van der Waals surface area contributed by atoms with Gasteiger partial charge in [0.05, 0.1) is 11.6 Å². The molecule has 2 aromatic carbocycles. The number of benzene rings is 2. The number of nitrogen functional groups attached to an aromatic ring is 1. The van der Waals surface area contributed by atoms with Gasteiger partial charge in [-0.25, -0.2) is 0 Å². The van der Waals surface area contributed by atoms with Crippen LogP contribution in [0.2, 0.25) is 0 Å². The summed E-state index contributed by atoms with van der Waals surface area (Å²) in [6.07, 6.45) is 1.66. The number of H-pyrrole nitrogens is 1. The monoisotopic (exact) mass is 275 g/mol. The van der Waals surface area contributed by atoms with Crippen molar-refractivity contribution in [2.45, 2.75) is 6.92 Å². The summed E-state index contributed by atoms with van der Waals surface area (Å²) in [4.78, 5) is 15.8. The number of anilines is 1. The molecule has 21 heavy (non-hydrogen) atoms. The van der Waals surface area contributed by atoms with Gasteiger partial charge in [0.1, 0.15) is 0 Å². The number of aromatic amines is 1. The second-order valence-corrected chi connectivity index (χ2v) is 4.95. The number of nitrogens with zero attached hydrogens (tertiary/aromatic N) is 1. The van der Waals surface area contributed by atoms with E-state index in [-0.39, 0.29) is 5.78 Å². The van der Waals surface area contributed by atoms with Crippen molar-refractivity contribution in [1.29, 1.82) is 5.26 Å². The predicted octanol–water partition coefficient (Wildman–Crippen LogP) is 3.16. The summed E-state index contributed by atoms with van der Waals surface area (Å²) in [5.74, 6) is -0.110. The summed E-state index contributed by atoms with van der Waals surface area (Å²) in [5.41, 5.74) is 9.55. The predicted molar refractivity (Wildman–Crippen MR) is 82.0 cm³/mol. The molecule has 0 amide bonds. The Labute approximate surface area is 121 Å². The first-order valence-electron chi connectivity index (χ1n) is 6.53. The maximum absolute atomic E-state index is 12.8. The number of carbonyl (C=O) groups is 1. The second kappa shape index (κ2) is 4.80. The zero-order valence-electron chi connectivity index (χ0n) is 11.5. The fraction of sp³-hybridized carbons (Fsp3) is 0.0588. The summed E-state index contributed by atoms with van der Waals surface area (Å²) >= 11 is 0. The minimum absolute atomic E-state index is 0.110. The van der Waals surface area contributed by atoms with Crippen LogP contribution < -0.4 is 5.73 Å². The number of nitrogens with two attached hydrogens (primary N) is 1. The molecule has 0 unspecified atom stereocenters. The van der Waals surface area contributed by atoms with Crippen LogP contribution in [0.25, 0.3) is 10.9 Å². The summed E-state index contributed by atoms with van der Waals surface area (Å²) in [7, 11) is 0. The van der Waals surface area contributed by atoms with Gasteiger partial charge in [0.25, 0.3) is 0 Å². The second-order valence-electron chi connectivity index (χ2n) is 4.95. The van der Waals surface area contributed by atoms with E-state index < -0.39 is 0 Å². The molecule has 0 radical (unpaired) electrons. The van der Waals surface area contributed by atoms with Gasteiger partial charge in [0, 0.05) is 33.9 Å². The topological polar surface area (TPSA) is 82.7 Å². The van der Waals surface area contributed by atoms with Gasteiger partial charge in [0.15, 0.2) is 5.78 Å². The van der Waals surface area contributed by atoms with Gasteiger partial charge in [-0.05, 0) is 42.8 Å². The molecular formula is C17H13N3O. The van der Waals surface area contributed by atoms with E-state index in [1.165, 1.54) is 0 Å². The largest absolute Gasteiger partial charge is 0.399 e. The van der Waals surface area contributed by atoms with Crippen molar-refractivity contribution in [1.82, 2.24) is 4.98 Å². The van der Waals surface area contributed by atoms with Gasteiger partial charge in [-0.15, -0.1) is 0 Å². The Bertz CT molecular complexity index is 900. The summed E-state index contributed by atoms with van der Waals surface area (Å²) in [5, 5.41) is 9.90. The molecule has 3 rings (SSSR count). The smallest absolute Gasteiger partial charge is 0.195 e. The molecule has 0 saturated heterocycles. The molecule has 0 spiro atoms. The molecule has 0 aliphatic rings. The molecule has 0 atom stereocenters. The average Bonchev–Trinajstić information content (AvgIpc) is 2.90. The highest BCUT2D eigenvalue weighted by atomic mass is 16.1. The molecule has 4 heteroatoms. The van der Waals surface area contributed by atoms with Crippen molar-refractivity contribution >= 4 is 22.4 Å². The Hall–Kier alpha value is -3.06. The number of hydrogen-bond acceptors (Lipinski definition) is 3. The average molecular weight is 275 g/mol. The number of aryl methyl sites for hydroxylation is 1. The van der Waals surface area contributed by atoms with Gasteiger partial charge in [-0.1, -0.05) is 6.07 Å². The number of hydrogen-bond donors (Lipinski definition) is 2. The lowest BCUT2D eigenvalue weighted by Crippen LogP contribution is -2.04. The summed E-state index contributed by atoms with van der Waals surface area (Å²) in [6.45, 7) is 1.85. The third-order valence-electron chi connectivity index (χ3n) is 3.57. The Morgan fingerprint density at radius 2 is 2.05 bits per heavy atom. The van der Waals surface area contributed by atoms with Gasteiger partial charge in [-0.3, -0.25) is 4.79 Å². The number of carbonyl (C=O) groups excluding carboxylic acids is 1. The van der Waals surface area contributed by atoms with Crippen molar-refractivity contribution < 1.29 is 4.79 Å². The van der Waals surface area contributed by atoms with Crippen molar-refractivity contribution in [3.63, 3.8) is 0 Å². The van der Waals surface area contributed by atoms with Gasteiger partial charge < -0.3 is 10.7 Å². The van der Waals surface area contributed by atoms with Crippen LogP contribution in [-0.4, -0.2) is 10.8 Å².